The van der Waals surface area contributed by atoms with Gasteiger partial charge in [-0.05, 0) is 12.1 Å². The number of anilines is 1. The van der Waals surface area contributed by atoms with Crippen molar-refractivity contribution in [3.8, 4) is 6.07 Å². The highest BCUT2D eigenvalue weighted by molar-refractivity contribution is 5.81. The lowest BCUT2D eigenvalue weighted by Crippen LogP contribution is -2.37. The zero-order valence-corrected chi connectivity index (χ0v) is 10.5. The Morgan fingerprint density at radius 2 is 2.44 bits per heavy atom. The monoisotopic (exact) mass is 248 g/mol. The van der Waals surface area contributed by atoms with Gasteiger partial charge in [0, 0.05) is 26.9 Å². The molecule has 0 atom stereocenters. The van der Waals surface area contributed by atoms with Crippen LogP contribution in [0.5, 0.6) is 0 Å². The minimum Gasteiger partial charge on any atom is -0.383 e. The molecule has 0 aromatic carbocycles. The summed E-state index contributed by atoms with van der Waals surface area (Å²) in [6.07, 6.45) is 1.59. The minimum absolute atomic E-state index is 0.135. The van der Waals surface area contributed by atoms with Crippen molar-refractivity contribution in [1.29, 1.82) is 5.26 Å². The number of carbonyl (C=O) groups excluding carboxylic acids is 1. The Morgan fingerprint density at radius 1 is 1.67 bits per heavy atom. The second-order valence-corrected chi connectivity index (χ2v) is 3.69. The van der Waals surface area contributed by atoms with Crippen LogP contribution in [0.2, 0.25) is 0 Å². The molecule has 1 aromatic heterocycles. The molecule has 0 radical (unpaired) electrons. The molecular weight excluding hydrogens is 232 g/mol. The molecule has 0 saturated heterocycles. The van der Waals surface area contributed by atoms with E-state index in [0.717, 1.165) is 0 Å². The second kappa shape index (κ2) is 7.25. The van der Waals surface area contributed by atoms with Gasteiger partial charge in [0.05, 0.1) is 18.7 Å². The van der Waals surface area contributed by atoms with E-state index in [0.29, 0.717) is 24.5 Å². The summed E-state index contributed by atoms with van der Waals surface area (Å²) in [5, 5.41) is 11.6. The van der Waals surface area contributed by atoms with Gasteiger partial charge in [0.15, 0.2) is 0 Å². The van der Waals surface area contributed by atoms with Gasteiger partial charge in [-0.25, -0.2) is 4.98 Å². The molecule has 96 valence electrons. The second-order valence-electron chi connectivity index (χ2n) is 3.69. The first kappa shape index (κ1) is 13.9. The topological polar surface area (TPSA) is 78.2 Å². The van der Waals surface area contributed by atoms with Gasteiger partial charge in [-0.1, -0.05) is 0 Å². The van der Waals surface area contributed by atoms with Crippen LogP contribution in [-0.4, -0.2) is 44.7 Å². The molecule has 6 nitrogen and oxygen atoms in total. The molecule has 0 aliphatic heterocycles. The number of aromatic nitrogens is 1. The van der Waals surface area contributed by atoms with Crippen molar-refractivity contribution < 1.29 is 9.53 Å². The average Bonchev–Trinajstić information content (AvgIpc) is 2.39. The summed E-state index contributed by atoms with van der Waals surface area (Å²) in [4.78, 5) is 17.3. The van der Waals surface area contributed by atoms with Gasteiger partial charge in [-0.3, -0.25) is 4.79 Å². The molecule has 0 unspecified atom stereocenters. The van der Waals surface area contributed by atoms with Crippen LogP contribution >= 0.6 is 0 Å². The number of nitrogens with zero attached hydrogens (tertiary/aromatic N) is 3. The molecule has 6 heteroatoms. The lowest BCUT2D eigenvalue weighted by molar-refractivity contribution is -0.119. The van der Waals surface area contributed by atoms with Crippen molar-refractivity contribution in [1.82, 2.24) is 10.3 Å². The summed E-state index contributed by atoms with van der Waals surface area (Å²) < 4.78 is 4.83. The molecule has 1 N–H and O–H groups in total. The zero-order chi connectivity index (χ0) is 13.4. The van der Waals surface area contributed by atoms with Crippen molar-refractivity contribution in [2.75, 3.05) is 38.8 Å². The van der Waals surface area contributed by atoms with Gasteiger partial charge in [0.2, 0.25) is 5.91 Å². The molecule has 0 aliphatic rings. The number of nitrogens with one attached hydrogen (secondary N) is 1. The molecule has 0 spiro atoms. The fourth-order valence-corrected chi connectivity index (χ4v) is 1.43. The lowest BCUT2D eigenvalue weighted by Gasteiger charge is -2.18. The molecule has 0 fully saturated rings. The first-order chi connectivity index (χ1) is 8.69. The van der Waals surface area contributed by atoms with E-state index < -0.39 is 0 Å². The number of carbonyl (C=O) groups is 1. The molecule has 0 bridgehead atoms. The summed E-state index contributed by atoms with van der Waals surface area (Å²) in [6.45, 7) is 1.09. The number of methoxy groups -OCH3 is 1. The van der Waals surface area contributed by atoms with Crippen molar-refractivity contribution in [3.63, 3.8) is 0 Å². The predicted octanol–water partition coefficient (Wildman–Crippen LogP) is 0.152. The van der Waals surface area contributed by atoms with Crippen LogP contribution in [-0.2, 0) is 9.53 Å². The summed E-state index contributed by atoms with van der Waals surface area (Å²) in [6, 6.07) is 5.40. The predicted molar refractivity (Wildman–Crippen MR) is 67.1 cm³/mol. The van der Waals surface area contributed by atoms with Gasteiger partial charge in [-0.15, -0.1) is 0 Å². The van der Waals surface area contributed by atoms with Gasteiger partial charge >= 0.3 is 0 Å². The lowest BCUT2D eigenvalue weighted by atomic mass is 10.2. The van der Waals surface area contributed by atoms with E-state index in [-0.39, 0.29) is 12.5 Å². The zero-order valence-electron chi connectivity index (χ0n) is 10.5. The molecule has 0 aliphatic carbocycles. The van der Waals surface area contributed by atoms with Crippen molar-refractivity contribution in [2.45, 2.75) is 0 Å². The van der Waals surface area contributed by atoms with Crippen LogP contribution in [0.1, 0.15) is 5.56 Å². The Bertz CT molecular complexity index is 442. The maximum atomic E-state index is 11.6. The molecule has 1 aromatic rings. The van der Waals surface area contributed by atoms with Crippen LogP contribution in [0.3, 0.4) is 0 Å². The normalized spacial score (nSPS) is 9.61. The maximum Gasteiger partial charge on any atom is 0.239 e. The Hall–Kier alpha value is -2.13. The number of rotatable bonds is 6. The van der Waals surface area contributed by atoms with Crippen LogP contribution in [0, 0.1) is 11.3 Å². The summed E-state index contributed by atoms with van der Waals surface area (Å²) in [5.74, 6) is 0.367. The molecule has 1 amide bonds. The summed E-state index contributed by atoms with van der Waals surface area (Å²) in [7, 11) is 3.30. The van der Waals surface area contributed by atoms with Crippen LogP contribution in [0.15, 0.2) is 18.3 Å². The Morgan fingerprint density at radius 3 is 3.11 bits per heavy atom. The van der Waals surface area contributed by atoms with Crippen LogP contribution in [0.25, 0.3) is 0 Å². The number of amides is 1. The third-order valence-electron chi connectivity index (χ3n) is 2.28. The number of nitriles is 1. The molecule has 1 heterocycles. The quantitative estimate of drug-likeness (QED) is 0.725. The van der Waals surface area contributed by atoms with E-state index in [4.69, 9.17) is 10.00 Å². The van der Waals surface area contributed by atoms with E-state index in [1.807, 2.05) is 6.07 Å². The fraction of sp³-hybridized carbons (Fsp3) is 0.417. The average molecular weight is 248 g/mol. The van der Waals surface area contributed by atoms with Crippen molar-refractivity contribution in [3.05, 3.63) is 23.9 Å². The van der Waals surface area contributed by atoms with Crippen LogP contribution in [0.4, 0.5) is 5.82 Å². The molecule has 0 saturated carbocycles. The number of pyridine rings is 1. The smallest absolute Gasteiger partial charge is 0.239 e. The minimum atomic E-state index is -0.135. The fourth-order valence-electron chi connectivity index (χ4n) is 1.43. The van der Waals surface area contributed by atoms with Gasteiger partial charge < -0.3 is 15.0 Å². The number of hydrogen-bond acceptors (Lipinski definition) is 5. The molecule has 18 heavy (non-hydrogen) atoms. The van der Waals surface area contributed by atoms with E-state index >= 15 is 0 Å². The largest absolute Gasteiger partial charge is 0.383 e. The van der Waals surface area contributed by atoms with Crippen molar-refractivity contribution >= 4 is 11.7 Å². The Labute approximate surface area is 106 Å². The number of likely N-dealkylation sites (N-methyl/N-ethyl adjacent to an activating group) is 1. The first-order valence-corrected chi connectivity index (χ1v) is 5.51. The Balaban J connectivity index is 2.57. The van der Waals surface area contributed by atoms with E-state index in [2.05, 4.69) is 10.3 Å². The maximum absolute atomic E-state index is 11.6. The number of ether oxygens (including phenoxy) is 1. The first-order valence-electron chi connectivity index (χ1n) is 5.51. The van der Waals surface area contributed by atoms with Crippen molar-refractivity contribution in [2.24, 2.45) is 0 Å². The van der Waals surface area contributed by atoms with E-state index in [9.17, 15) is 4.79 Å². The Kier molecular flexibility index (Phi) is 5.61. The molecular formula is C12H16N4O2. The highest BCUT2D eigenvalue weighted by Gasteiger charge is 2.11. The summed E-state index contributed by atoms with van der Waals surface area (Å²) >= 11 is 0. The molecule has 1 rings (SSSR count). The van der Waals surface area contributed by atoms with E-state index in [1.54, 1.807) is 37.4 Å². The van der Waals surface area contributed by atoms with Gasteiger partial charge in [0.25, 0.3) is 0 Å². The van der Waals surface area contributed by atoms with Crippen LogP contribution < -0.4 is 10.2 Å². The summed E-state index contributed by atoms with van der Waals surface area (Å²) in [5.41, 5.74) is 0.449. The SMILES string of the molecule is COCCNC(=O)CN(C)c1ncccc1C#N. The highest BCUT2D eigenvalue weighted by atomic mass is 16.5. The van der Waals surface area contributed by atoms with Gasteiger partial charge in [-0.2, -0.15) is 5.26 Å². The van der Waals surface area contributed by atoms with E-state index in [1.165, 1.54) is 0 Å². The third kappa shape index (κ3) is 4.03. The highest BCUT2D eigenvalue weighted by Crippen LogP contribution is 2.13. The third-order valence-corrected chi connectivity index (χ3v) is 2.28. The standard InChI is InChI=1S/C12H16N4O2/c1-16(9-11(17)14-6-7-18-2)12-10(8-13)4-3-5-15-12/h3-5H,6-7,9H2,1-2H3,(H,14,17). The van der Waals surface area contributed by atoms with Gasteiger partial charge in [0.1, 0.15) is 11.9 Å². The number of hydrogen-bond donors (Lipinski definition) is 1.